The first kappa shape index (κ1) is 9.93. The van der Waals surface area contributed by atoms with Gasteiger partial charge >= 0.3 is 0 Å². The number of aryl methyl sites for hydroxylation is 1. The summed E-state index contributed by atoms with van der Waals surface area (Å²) in [7, 11) is 0. The van der Waals surface area contributed by atoms with Gasteiger partial charge in [0, 0.05) is 12.7 Å². The van der Waals surface area contributed by atoms with E-state index in [1.165, 1.54) is 23.7 Å². The predicted molar refractivity (Wildman–Crippen MR) is 71.6 cm³/mol. The SMILES string of the molecule is CCc1csc2c(Br)c(I)ccc12. The second kappa shape index (κ2) is 3.87. The van der Waals surface area contributed by atoms with E-state index >= 15 is 0 Å². The van der Waals surface area contributed by atoms with Gasteiger partial charge in [0.05, 0.1) is 0 Å². The Balaban J connectivity index is 2.81. The van der Waals surface area contributed by atoms with Crippen LogP contribution in [0, 0.1) is 3.57 Å². The van der Waals surface area contributed by atoms with Crippen LogP contribution >= 0.6 is 49.9 Å². The lowest BCUT2D eigenvalue weighted by Gasteiger charge is -1.98. The molecular weight excluding hydrogens is 359 g/mol. The molecule has 1 heterocycles. The van der Waals surface area contributed by atoms with Crippen LogP contribution in [-0.2, 0) is 6.42 Å². The molecule has 0 atom stereocenters. The quantitative estimate of drug-likeness (QED) is 0.634. The van der Waals surface area contributed by atoms with Gasteiger partial charge in [-0.25, -0.2) is 0 Å². The molecule has 2 rings (SSSR count). The van der Waals surface area contributed by atoms with E-state index in [1.54, 1.807) is 0 Å². The van der Waals surface area contributed by atoms with E-state index in [4.69, 9.17) is 0 Å². The third kappa shape index (κ3) is 1.66. The van der Waals surface area contributed by atoms with E-state index in [0.29, 0.717) is 0 Å². The molecule has 0 radical (unpaired) electrons. The zero-order valence-electron chi connectivity index (χ0n) is 7.10. The van der Waals surface area contributed by atoms with Gasteiger partial charge in [0.15, 0.2) is 0 Å². The van der Waals surface area contributed by atoms with Crippen molar-refractivity contribution in [1.82, 2.24) is 0 Å². The Kier molecular flexibility index (Phi) is 2.95. The molecule has 0 aliphatic carbocycles. The number of halogens is 2. The van der Waals surface area contributed by atoms with Crippen LogP contribution in [0.5, 0.6) is 0 Å². The van der Waals surface area contributed by atoms with E-state index in [9.17, 15) is 0 Å². The van der Waals surface area contributed by atoms with Crippen LogP contribution in [0.3, 0.4) is 0 Å². The van der Waals surface area contributed by atoms with Crippen molar-refractivity contribution in [2.75, 3.05) is 0 Å². The summed E-state index contributed by atoms with van der Waals surface area (Å²) in [4.78, 5) is 0. The fraction of sp³-hybridized carbons (Fsp3) is 0.200. The maximum absolute atomic E-state index is 3.63. The van der Waals surface area contributed by atoms with Gasteiger partial charge in [-0.3, -0.25) is 0 Å². The summed E-state index contributed by atoms with van der Waals surface area (Å²) in [6.07, 6.45) is 1.12. The van der Waals surface area contributed by atoms with E-state index in [2.05, 4.69) is 63.0 Å². The van der Waals surface area contributed by atoms with Gasteiger partial charge < -0.3 is 0 Å². The molecule has 0 aliphatic rings. The molecule has 0 amide bonds. The van der Waals surface area contributed by atoms with E-state index < -0.39 is 0 Å². The van der Waals surface area contributed by atoms with Crippen molar-refractivity contribution in [3.05, 3.63) is 31.1 Å². The normalized spacial score (nSPS) is 11.0. The molecule has 0 spiro atoms. The highest BCUT2D eigenvalue weighted by Gasteiger charge is 2.07. The van der Waals surface area contributed by atoms with E-state index in [1.807, 2.05) is 11.3 Å². The minimum absolute atomic E-state index is 1.12. The molecule has 3 heteroatoms. The molecule has 13 heavy (non-hydrogen) atoms. The molecular formula is C10H8BrIS. The number of rotatable bonds is 1. The number of hydrogen-bond donors (Lipinski definition) is 0. The highest BCUT2D eigenvalue weighted by molar-refractivity contribution is 14.1. The highest BCUT2D eigenvalue weighted by Crippen LogP contribution is 2.35. The molecule has 1 aromatic heterocycles. The standard InChI is InChI=1S/C10H8BrIS/c1-2-6-5-13-10-7(6)3-4-8(12)9(10)11/h3-5H,2H2,1H3. The molecule has 0 bridgehead atoms. The number of thiophene rings is 1. The Hall–Kier alpha value is 0.390. The van der Waals surface area contributed by atoms with E-state index in [0.717, 1.165) is 6.42 Å². The first-order chi connectivity index (χ1) is 6.24. The smallest absolute Gasteiger partial charge is 0.0498 e. The summed E-state index contributed by atoms with van der Waals surface area (Å²) in [6.45, 7) is 2.20. The van der Waals surface area contributed by atoms with Gasteiger partial charge in [-0.2, -0.15) is 0 Å². The first-order valence-electron chi connectivity index (χ1n) is 4.08. The fourth-order valence-corrected chi connectivity index (χ4v) is 3.72. The van der Waals surface area contributed by atoms with Gasteiger partial charge in [0.2, 0.25) is 0 Å². The summed E-state index contributed by atoms with van der Waals surface area (Å²) in [5.41, 5.74) is 1.46. The zero-order valence-corrected chi connectivity index (χ0v) is 11.7. The highest BCUT2D eigenvalue weighted by atomic mass is 127. The molecule has 1 aromatic carbocycles. The van der Waals surface area contributed by atoms with Crippen LogP contribution in [-0.4, -0.2) is 0 Å². The summed E-state index contributed by atoms with van der Waals surface area (Å²) >= 11 is 7.81. The maximum atomic E-state index is 3.63. The van der Waals surface area contributed by atoms with Crippen molar-refractivity contribution in [3.63, 3.8) is 0 Å². The Morgan fingerprint density at radius 1 is 1.46 bits per heavy atom. The van der Waals surface area contributed by atoms with Crippen molar-refractivity contribution < 1.29 is 0 Å². The van der Waals surface area contributed by atoms with Crippen molar-refractivity contribution in [2.24, 2.45) is 0 Å². The minimum atomic E-state index is 1.12. The van der Waals surface area contributed by atoms with Crippen LogP contribution < -0.4 is 0 Å². The number of benzene rings is 1. The minimum Gasteiger partial charge on any atom is -0.142 e. The molecule has 0 saturated heterocycles. The second-order valence-corrected chi connectivity index (χ2v) is 5.69. The largest absolute Gasteiger partial charge is 0.142 e. The number of hydrogen-bond acceptors (Lipinski definition) is 1. The number of fused-ring (bicyclic) bond motifs is 1. The van der Waals surface area contributed by atoms with Crippen LogP contribution in [0.15, 0.2) is 22.0 Å². The predicted octanol–water partition coefficient (Wildman–Crippen LogP) is 4.83. The summed E-state index contributed by atoms with van der Waals surface area (Å²) < 4.78 is 3.91. The third-order valence-corrected chi connectivity index (χ3v) is 5.88. The Labute approximate surface area is 104 Å². The zero-order chi connectivity index (χ0) is 9.42. The summed E-state index contributed by atoms with van der Waals surface area (Å²) in [6, 6.07) is 4.38. The van der Waals surface area contributed by atoms with Gasteiger partial charge in [-0.15, -0.1) is 11.3 Å². The van der Waals surface area contributed by atoms with Gasteiger partial charge in [-0.1, -0.05) is 13.0 Å². The topological polar surface area (TPSA) is 0 Å². The molecule has 0 saturated carbocycles. The Morgan fingerprint density at radius 3 is 2.92 bits per heavy atom. The molecule has 0 fully saturated rings. The molecule has 68 valence electrons. The first-order valence-corrected chi connectivity index (χ1v) is 6.83. The van der Waals surface area contributed by atoms with Gasteiger partial charge in [-0.05, 0) is 67.3 Å². The lowest BCUT2D eigenvalue weighted by Crippen LogP contribution is -1.78. The molecule has 0 nitrogen and oxygen atoms in total. The summed E-state index contributed by atoms with van der Waals surface area (Å²) in [5, 5.41) is 3.66. The van der Waals surface area contributed by atoms with Crippen LogP contribution in [0.4, 0.5) is 0 Å². The molecule has 0 aliphatic heterocycles. The fourth-order valence-electron chi connectivity index (χ4n) is 1.37. The van der Waals surface area contributed by atoms with Crippen LogP contribution in [0.25, 0.3) is 10.1 Å². The monoisotopic (exact) mass is 366 g/mol. The molecule has 0 N–H and O–H groups in total. The van der Waals surface area contributed by atoms with Gasteiger partial charge in [0.25, 0.3) is 0 Å². The lowest BCUT2D eigenvalue weighted by atomic mass is 10.1. The maximum Gasteiger partial charge on any atom is 0.0498 e. The van der Waals surface area contributed by atoms with Crippen molar-refractivity contribution >= 4 is 59.9 Å². The Morgan fingerprint density at radius 2 is 2.23 bits per heavy atom. The summed E-state index contributed by atoms with van der Waals surface area (Å²) in [5.74, 6) is 0. The van der Waals surface area contributed by atoms with Gasteiger partial charge in [0.1, 0.15) is 0 Å². The average Bonchev–Trinajstić information content (AvgIpc) is 2.55. The average molecular weight is 367 g/mol. The van der Waals surface area contributed by atoms with Crippen molar-refractivity contribution in [1.29, 1.82) is 0 Å². The van der Waals surface area contributed by atoms with E-state index in [-0.39, 0.29) is 0 Å². The van der Waals surface area contributed by atoms with Crippen LogP contribution in [0.2, 0.25) is 0 Å². The molecule has 2 aromatic rings. The molecule has 0 unspecified atom stereocenters. The van der Waals surface area contributed by atoms with Crippen molar-refractivity contribution in [3.8, 4) is 0 Å². The van der Waals surface area contributed by atoms with Crippen molar-refractivity contribution in [2.45, 2.75) is 13.3 Å². The lowest BCUT2D eigenvalue weighted by molar-refractivity contribution is 1.17. The third-order valence-electron chi connectivity index (χ3n) is 2.10. The van der Waals surface area contributed by atoms with Crippen LogP contribution in [0.1, 0.15) is 12.5 Å². The Bertz CT molecular complexity index is 447. The second-order valence-electron chi connectivity index (χ2n) is 2.85.